The Balaban J connectivity index is 1.47. The summed E-state index contributed by atoms with van der Waals surface area (Å²) in [4.78, 5) is 19.8. The smallest absolute Gasteiger partial charge is 0.406 e. The third-order valence-electron chi connectivity index (χ3n) is 5.52. The van der Waals surface area contributed by atoms with Crippen LogP contribution in [0.3, 0.4) is 0 Å². The van der Waals surface area contributed by atoms with Gasteiger partial charge in [0, 0.05) is 17.6 Å². The number of aromatic nitrogens is 1. The van der Waals surface area contributed by atoms with E-state index in [0.29, 0.717) is 27.4 Å². The van der Waals surface area contributed by atoms with Gasteiger partial charge in [-0.1, -0.05) is 12.1 Å². The first kappa shape index (κ1) is 19.2. The van der Waals surface area contributed by atoms with Gasteiger partial charge < -0.3 is 10.1 Å². The van der Waals surface area contributed by atoms with Gasteiger partial charge in [0.15, 0.2) is 0 Å². The third-order valence-corrected chi connectivity index (χ3v) is 6.56. The van der Waals surface area contributed by atoms with Crippen LogP contribution in [0.15, 0.2) is 30.5 Å². The Morgan fingerprint density at radius 3 is 2.75 bits per heavy atom. The van der Waals surface area contributed by atoms with Gasteiger partial charge in [0.25, 0.3) is 5.91 Å². The molecule has 0 saturated carbocycles. The number of carbonyl (C=O) groups excluding carboxylic acids is 1. The Bertz CT molecular complexity index is 860. The molecule has 1 aromatic carbocycles. The Morgan fingerprint density at radius 2 is 2.07 bits per heavy atom. The molecular formula is C19H20F3N3O2S. The summed E-state index contributed by atoms with van der Waals surface area (Å²) >= 11 is 1.16. The van der Waals surface area contributed by atoms with Crippen molar-refractivity contribution in [1.82, 2.24) is 15.2 Å². The lowest BCUT2D eigenvalue weighted by Crippen LogP contribution is -2.62. The number of amides is 1. The number of hydrogen-bond acceptors (Lipinski definition) is 5. The number of thiazole rings is 1. The lowest BCUT2D eigenvalue weighted by molar-refractivity contribution is -0.274. The van der Waals surface area contributed by atoms with E-state index in [2.05, 4.69) is 26.9 Å². The average molecular weight is 411 g/mol. The number of hydrogen-bond donors (Lipinski definition) is 1. The summed E-state index contributed by atoms with van der Waals surface area (Å²) in [7, 11) is 0. The van der Waals surface area contributed by atoms with Crippen LogP contribution in [0.4, 0.5) is 13.2 Å². The minimum atomic E-state index is -4.75. The molecule has 3 fully saturated rings. The fourth-order valence-corrected chi connectivity index (χ4v) is 4.92. The van der Waals surface area contributed by atoms with Crippen LogP contribution in [-0.2, 0) is 0 Å². The van der Waals surface area contributed by atoms with E-state index in [1.54, 1.807) is 6.07 Å². The Hall–Kier alpha value is -2.13. The van der Waals surface area contributed by atoms with Crippen LogP contribution in [0.2, 0.25) is 0 Å². The van der Waals surface area contributed by atoms with Crippen molar-refractivity contribution in [1.29, 1.82) is 0 Å². The number of fused-ring (bicyclic) bond motifs is 3. The van der Waals surface area contributed by atoms with Gasteiger partial charge in [-0.15, -0.1) is 24.5 Å². The van der Waals surface area contributed by atoms with Crippen LogP contribution in [0.25, 0.3) is 10.6 Å². The zero-order valence-electron chi connectivity index (χ0n) is 15.2. The molecule has 2 atom stereocenters. The second-order valence-electron chi connectivity index (χ2n) is 7.22. The van der Waals surface area contributed by atoms with Crippen molar-refractivity contribution in [3.8, 4) is 16.3 Å². The number of halogens is 3. The highest BCUT2D eigenvalue weighted by Crippen LogP contribution is 2.33. The molecule has 1 amide bonds. The second kappa shape index (κ2) is 7.36. The highest BCUT2D eigenvalue weighted by Gasteiger charge is 2.40. The molecule has 0 spiro atoms. The van der Waals surface area contributed by atoms with Gasteiger partial charge >= 0.3 is 6.36 Å². The summed E-state index contributed by atoms with van der Waals surface area (Å²) in [6.07, 6.45) is -1.10. The molecule has 2 bridgehead atoms. The highest BCUT2D eigenvalue weighted by molar-refractivity contribution is 7.16. The molecule has 0 radical (unpaired) electrons. The van der Waals surface area contributed by atoms with Gasteiger partial charge in [0.1, 0.15) is 15.6 Å². The standard InChI is InChI=1S/C19H20F3N3O2S/c1-11-16(12-5-7-25(11)8-6-12)24-17(26)15-10-23-18(28-15)13-3-2-4-14(9-13)27-19(20,21)22/h2-4,9-12,16H,5-8H2,1H3,(H,24,26). The van der Waals surface area contributed by atoms with E-state index >= 15 is 0 Å². The average Bonchev–Trinajstić information content (AvgIpc) is 3.14. The van der Waals surface area contributed by atoms with Crippen molar-refractivity contribution in [2.75, 3.05) is 13.1 Å². The molecule has 2 unspecified atom stereocenters. The predicted octanol–water partition coefficient (Wildman–Crippen LogP) is 3.92. The van der Waals surface area contributed by atoms with E-state index in [-0.39, 0.29) is 17.7 Å². The fourth-order valence-electron chi connectivity index (χ4n) is 4.11. The van der Waals surface area contributed by atoms with E-state index in [0.717, 1.165) is 37.3 Å². The lowest BCUT2D eigenvalue weighted by Gasteiger charge is -2.49. The van der Waals surface area contributed by atoms with Gasteiger partial charge in [0.05, 0.1) is 6.20 Å². The predicted molar refractivity (Wildman–Crippen MR) is 99.2 cm³/mol. The normalized spacial score (nSPS) is 26.9. The first-order chi connectivity index (χ1) is 13.3. The molecule has 9 heteroatoms. The number of carbonyl (C=O) groups is 1. The summed E-state index contributed by atoms with van der Waals surface area (Å²) in [5, 5.41) is 3.61. The highest BCUT2D eigenvalue weighted by atomic mass is 32.1. The number of alkyl halides is 3. The van der Waals surface area contributed by atoms with E-state index in [9.17, 15) is 18.0 Å². The molecule has 2 aromatic rings. The van der Waals surface area contributed by atoms with Gasteiger partial charge in [-0.25, -0.2) is 4.98 Å². The van der Waals surface area contributed by atoms with Gasteiger partial charge in [-0.2, -0.15) is 0 Å². The van der Waals surface area contributed by atoms with E-state index < -0.39 is 6.36 Å². The number of piperidine rings is 3. The van der Waals surface area contributed by atoms with Crippen LogP contribution in [0.1, 0.15) is 29.4 Å². The molecule has 1 aromatic heterocycles. The molecule has 0 aliphatic carbocycles. The first-order valence-corrected chi connectivity index (χ1v) is 9.99. The molecule has 3 aliphatic heterocycles. The minimum absolute atomic E-state index is 0.115. The maximum absolute atomic E-state index is 12.7. The number of rotatable bonds is 4. The number of ether oxygens (including phenoxy) is 1. The SMILES string of the molecule is CC1C(NC(=O)c2cnc(-c3cccc(OC(F)(F)F)c3)s2)C2CCN1CC2. The maximum Gasteiger partial charge on any atom is 0.573 e. The molecule has 4 heterocycles. The van der Waals surface area contributed by atoms with Gasteiger partial charge in [-0.3, -0.25) is 9.69 Å². The summed E-state index contributed by atoms with van der Waals surface area (Å²) in [6.45, 7) is 4.30. The molecule has 3 aliphatic rings. The van der Waals surface area contributed by atoms with Crippen molar-refractivity contribution in [3.63, 3.8) is 0 Å². The summed E-state index contributed by atoms with van der Waals surface area (Å²) < 4.78 is 41.2. The van der Waals surface area contributed by atoms with Crippen LogP contribution in [-0.4, -0.2) is 47.3 Å². The van der Waals surface area contributed by atoms with Crippen LogP contribution < -0.4 is 10.1 Å². The van der Waals surface area contributed by atoms with Gasteiger partial charge in [-0.05, 0) is 50.9 Å². The fraction of sp³-hybridized carbons (Fsp3) is 0.474. The van der Waals surface area contributed by atoms with Crippen molar-refractivity contribution >= 4 is 17.2 Å². The van der Waals surface area contributed by atoms with Gasteiger partial charge in [0.2, 0.25) is 0 Å². The van der Waals surface area contributed by atoms with Crippen LogP contribution in [0.5, 0.6) is 5.75 Å². The van der Waals surface area contributed by atoms with E-state index in [4.69, 9.17) is 0 Å². The quantitative estimate of drug-likeness (QED) is 0.829. The minimum Gasteiger partial charge on any atom is -0.406 e. The maximum atomic E-state index is 12.7. The number of benzene rings is 1. The zero-order chi connectivity index (χ0) is 19.9. The topological polar surface area (TPSA) is 54.5 Å². The third kappa shape index (κ3) is 4.00. The van der Waals surface area contributed by atoms with Crippen molar-refractivity contribution in [3.05, 3.63) is 35.3 Å². The van der Waals surface area contributed by atoms with E-state index in [1.807, 2.05) is 0 Å². The Kier molecular flexibility index (Phi) is 5.05. The monoisotopic (exact) mass is 411 g/mol. The van der Waals surface area contributed by atoms with Crippen molar-refractivity contribution in [2.24, 2.45) is 5.92 Å². The molecule has 5 nitrogen and oxygen atoms in total. The lowest BCUT2D eigenvalue weighted by atomic mass is 9.79. The molecule has 5 rings (SSSR count). The van der Waals surface area contributed by atoms with Crippen LogP contribution >= 0.6 is 11.3 Å². The molecular weight excluding hydrogens is 391 g/mol. The Labute approximate surface area is 164 Å². The second-order valence-corrected chi connectivity index (χ2v) is 8.25. The molecule has 28 heavy (non-hydrogen) atoms. The summed E-state index contributed by atoms with van der Waals surface area (Å²) in [6, 6.07) is 6.02. The molecule has 1 N–H and O–H groups in total. The summed E-state index contributed by atoms with van der Waals surface area (Å²) in [5.74, 6) is -0.00288. The van der Waals surface area contributed by atoms with Crippen molar-refractivity contribution < 1.29 is 22.7 Å². The summed E-state index contributed by atoms with van der Waals surface area (Å²) in [5.41, 5.74) is 0.474. The molecule has 3 saturated heterocycles. The number of nitrogens with one attached hydrogen (secondary N) is 1. The number of nitrogens with zero attached hydrogens (tertiary/aromatic N) is 2. The molecule has 150 valence electrons. The van der Waals surface area contributed by atoms with Crippen molar-refractivity contribution in [2.45, 2.75) is 38.2 Å². The first-order valence-electron chi connectivity index (χ1n) is 9.17. The van der Waals surface area contributed by atoms with E-state index in [1.165, 1.54) is 24.4 Å². The van der Waals surface area contributed by atoms with Crippen LogP contribution in [0, 0.1) is 5.92 Å². The largest absolute Gasteiger partial charge is 0.573 e. The Morgan fingerprint density at radius 1 is 1.32 bits per heavy atom. The zero-order valence-corrected chi connectivity index (χ0v) is 16.0.